The second kappa shape index (κ2) is 8.36. The number of halogens is 1. The van der Waals surface area contributed by atoms with E-state index in [2.05, 4.69) is 42.9 Å². The van der Waals surface area contributed by atoms with Gasteiger partial charge in [0.1, 0.15) is 22.6 Å². The number of nitriles is 2. The number of carbonyl (C=O) groups excluding carboxylic acids is 1. The van der Waals surface area contributed by atoms with E-state index in [0.717, 1.165) is 54.9 Å². The summed E-state index contributed by atoms with van der Waals surface area (Å²) in [5.74, 6) is 2.19. The minimum Gasteiger partial charge on any atom is -0.352 e. The number of aromatic nitrogens is 2. The zero-order valence-electron chi connectivity index (χ0n) is 18.9. The molecular weight excluding hydrogens is 492 g/mol. The Labute approximate surface area is 207 Å². The second-order valence-electron chi connectivity index (χ2n) is 10.00. The van der Waals surface area contributed by atoms with Crippen molar-refractivity contribution in [3.8, 4) is 23.3 Å². The monoisotopic (exact) mass is 516 g/mol. The van der Waals surface area contributed by atoms with Gasteiger partial charge in [-0.15, -0.1) is 0 Å². The number of hydrogen-bond donors (Lipinski definition) is 0. The number of amides is 1. The summed E-state index contributed by atoms with van der Waals surface area (Å²) in [6.45, 7) is 2.12. The molecule has 1 amide bonds. The summed E-state index contributed by atoms with van der Waals surface area (Å²) in [5.41, 5.74) is 3.57. The molecular formula is C26H25BrN6O. The van der Waals surface area contributed by atoms with Crippen LogP contribution >= 0.6 is 15.9 Å². The highest BCUT2D eigenvalue weighted by Gasteiger charge is 2.45. The van der Waals surface area contributed by atoms with E-state index in [-0.39, 0.29) is 12.0 Å². The van der Waals surface area contributed by atoms with Crippen molar-refractivity contribution >= 4 is 27.7 Å². The van der Waals surface area contributed by atoms with Gasteiger partial charge in [-0.05, 0) is 72.5 Å². The van der Waals surface area contributed by atoms with Crippen LogP contribution in [0, 0.1) is 34.5 Å². The Balaban J connectivity index is 1.38. The van der Waals surface area contributed by atoms with E-state index in [1.165, 1.54) is 12.8 Å². The lowest BCUT2D eigenvalue weighted by Gasteiger charge is -2.43. The van der Waals surface area contributed by atoms with Crippen LogP contribution in [0.1, 0.15) is 61.3 Å². The Morgan fingerprint density at radius 1 is 1.00 bits per heavy atom. The highest BCUT2D eigenvalue weighted by molar-refractivity contribution is 9.10. The Morgan fingerprint density at radius 2 is 1.76 bits per heavy atom. The van der Waals surface area contributed by atoms with E-state index in [9.17, 15) is 15.3 Å². The Bertz CT molecular complexity index is 1250. The molecule has 0 radical (unpaired) electrons. The Kier molecular flexibility index (Phi) is 5.30. The highest BCUT2D eigenvalue weighted by atomic mass is 79.9. The number of pyridine rings is 2. The van der Waals surface area contributed by atoms with Crippen LogP contribution in [0.4, 0.5) is 5.82 Å². The number of nitrogens with zero attached hydrogens (tertiary/aromatic N) is 6. The van der Waals surface area contributed by atoms with Gasteiger partial charge in [0, 0.05) is 48.8 Å². The van der Waals surface area contributed by atoms with Gasteiger partial charge >= 0.3 is 0 Å². The third-order valence-electron chi connectivity index (χ3n) is 7.49. The average molecular weight is 517 g/mol. The largest absolute Gasteiger partial charge is 0.352 e. The maximum atomic E-state index is 12.9. The smallest absolute Gasteiger partial charge is 0.226 e. The maximum absolute atomic E-state index is 12.9. The molecule has 0 bridgehead atoms. The van der Waals surface area contributed by atoms with Crippen molar-refractivity contribution < 1.29 is 4.79 Å². The van der Waals surface area contributed by atoms with E-state index in [4.69, 9.17) is 4.98 Å². The van der Waals surface area contributed by atoms with E-state index in [0.29, 0.717) is 46.6 Å². The predicted octanol–water partition coefficient (Wildman–Crippen LogP) is 4.36. The fourth-order valence-corrected chi connectivity index (χ4v) is 5.52. The second-order valence-corrected chi connectivity index (χ2v) is 10.8. The van der Waals surface area contributed by atoms with E-state index in [1.54, 1.807) is 6.20 Å². The molecule has 34 heavy (non-hydrogen) atoms. The van der Waals surface area contributed by atoms with Crippen LogP contribution in [0.25, 0.3) is 11.1 Å². The molecule has 6 rings (SSSR count). The molecule has 1 saturated heterocycles. The van der Waals surface area contributed by atoms with Crippen LogP contribution < -0.4 is 4.90 Å². The van der Waals surface area contributed by atoms with Gasteiger partial charge in [-0.2, -0.15) is 10.5 Å². The van der Waals surface area contributed by atoms with Crippen molar-refractivity contribution in [1.82, 2.24) is 14.9 Å². The summed E-state index contributed by atoms with van der Waals surface area (Å²) >= 11 is 3.42. The minimum absolute atomic E-state index is 0.209. The van der Waals surface area contributed by atoms with Gasteiger partial charge in [0.05, 0.1) is 22.9 Å². The Morgan fingerprint density at radius 3 is 2.41 bits per heavy atom. The Hall–Kier alpha value is -2.97. The summed E-state index contributed by atoms with van der Waals surface area (Å²) in [5, 5.41) is 19.8. The van der Waals surface area contributed by atoms with Gasteiger partial charge in [-0.3, -0.25) is 4.79 Å². The van der Waals surface area contributed by atoms with Gasteiger partial charge in [-0.25, -0.2) is 9.97 Å². The van der Waals surface area contributed by atoms with Crippen molar-refractivity contribution in [2.24, 2.45) is 11.8 Å². The van der Waals surface area contributed by atoms with Gasteiger partial charge in [0.15, 0.2) is 0 Å². The van der Waals surface area contributed by atoms with Crippen molar-refractivity contribution in [2.45, 2.75) is 50.5 Å². The standard InChI is InChI=1S/C26H25BrN6O/c27-23-10-20(19(12-29)13-30-23)21-9-18(11-28)25(31-24(21)16-3-4-16)32-7-8-33(26(34)17-5-6-17)22(14-32)15-1-2-15/h9-10,13,15-17,22H,1-8,14H2. The molecule has 172 valence electrons. The normalized spacial score (nSPS) is 22.3. The topological polar surface area (TPSA) is 96.9 Å². The molecule has 3 heterocycles. The fourth-order valence-electron chi connectivity index (χ4n) is 5.19. The zero-order valence-corrected chi connectivity index (χ0v) is 20.5. The van der Waals surface area contributed by atoms with Crippen molar-refractivity contribution in [1.29, 1.82) is 10.5 Å². The lowest BCUT2D eigenvalue weighted by Crippen LogP contribution is -2.57. The molecule has 0 aromatic carbocycles. The van der Waals surface area contributed by atoms with Crippen LogP contribution in [0.5, 0.6) is 0 Å². The van der Waals surface area contributed by atoms with Crippen LogP contribution in [0.15, 0.2) is 22.9 Å². The fraction of sp³-hybridized carbons (Fsp3) is 0.500. The van der Waals surface area contributed by atoms with Gasteiger partial charge in [0.2, 0.25) is 5.91 Å². The molecule has 8 heteroatoms. The van der Waals surface area contributed by atoms with E-state index in [1.807, 2.05) is 12.1 Å². The third-order valence-corrected chi connectivity index (χ3v) is 7.93. The minimum atomic E-state index is 0.209. The van der Waals surface area contributed by atoms with E-state index < -0.39 is 0 Å². The molecule has 4 fully saturated rings. The number of anilines is 1. The first-order chi connectivity index (χ1) is 16.6. The maximum Gasteiger partial charge on any atom is 0.226 e. The lowest BCUT2D eigenvalue weighted by molar-refractivity contribution is -0.135. The van der Waals surface area contributed by atoms with Gasteiger partial charge in [0.25, 0.3) is 0 Å². The highest BCUT2D eigenvalue weighted by Crippen LogP contribution is 2.46. The molecule has 3 aliphatic carbocycles. The van der Waals surface area contributed by atoms with Gasteiger partial charge in [-0.1, -0.05) is 0 Å². The molecule has 2 aromatic heterocycles. The molecule has 2 aromatic rings. The van der Waals surface area contributed by atoms with Crippen LogP contribution in [-0.4, -0.2) is 46.5 Å². The first-order valence-electron chi connectivity index (χ1n) is 12.1. The first kappa shape index (κ1) is 21.6. The van der Waals surface area contributed by atoms with Crippen molar-refractivity contribution in [3.63, 3.8) is 0 Å². The summed E-state index contributed by atoms with van der Waals surface area (Å²) in [6.07, 6.45) is 8.09. The SMILES string of the molecule is N#Cc1cnc(Br)cc1-c1cc(C#N)c(N2CCN(C(=O)C3CC3)C(C3CC3)C2)nc1C1CC1. The van der Waals surface area contributed by atoms with Gasteiger partial charge < -0.3 is 9.80 Å². The van der Waals surface area contributed by atoms with Crippen molar-refractivity contribution in [2.75, 3.05) is 24.5 Å². The summed E-state index contributed by atoms with van der Waals surface area (Å²) < 4.78 is 0.648. The molecule has 3 saturated carbocycles. The van der Waals surface area contributed by atoms with Crippen molar-refractivity contribution in [3.05, 3.63) is 39.8 Å². The summed E-state index contributed by atoms with van der Waals surface area (Å²) in [6, 6.07) is 8.56. The molecule has 4 aliphatic rings. The molecule has 7 nitrogen and oxygen atoms in total. The van der Waals surface area contributed by atoms with Crippen LogP contribution in [-0.2, 0) is 4.79 Å². The quantitative estimate of drug-likeness (QED) is 0.547. The third kappa shape index (κ3) is 3.95. The number of hydrogen-bond acceptors (Lipinski definition) is 6. The molecule has 0 N–H and O–H groups in total. The number of carbonyl (C=O) groups is 1. The molecule has 1 aliphatic heterocycles. The number of rotatable bonds is 5. The summed E-state index contributed by atoms with van der Waals surface area (Å²) in [7, 11) is 0. The average Bonchev–Trinajstić information content (AvgIpc) is 3.73. The first-order valence-corrected chi connectivity index (χ1v) is 12.9. The number of piperazine rings is 1. The molecule has 1 atom stereocenters. The lowest BCUT2D eigenvalue weighted by atomic mass is 9.96. The molecule has 1 unspecified atom stereocenters. The van der Waals surface area contributed by atoms with Crippen LogP contribution in [0.3, 0.4) is 0 Å². The van der Waals surface area contributed by atoms with E-state index >= 15 is 0 Å². The predicted molar refractivity (Wildman–Crippen MR) is 130 cm³/mol. The van der Waals surface area contributed by atoms with Crippen LogP contribution in [0.2, 0.25) is 0 Å². The summed E-state index contributed by atoms with van der Waals surface area (Å²) in [4.78, 5) is 26.6. The molecule has 0 spiro atoms. The zero-order chi connectivity index (χ0) is 23.4.